The Morgan fingerprint density at radius 3 is 2.84 bits per heavy atom. The number of para-hydroxylation sites is 1. The van der Waals surface area contributed by atoms with Crippen molar-refractivity contribution in [2.45, 2.75) is 12.3 Å². The van der Waals surface area contributed by atoms with E-state index in [1.807, 2.05) is 0 Å². The van der Waals surface area contributed by atoms with E-state index in [2.05, 4.69) is 10.6 Å². The molecule has 102 valence electrons. The van der Waals surface area contributed by atoms with Crippen molar-refractivity contribution in [1.29, 1.82) is 0 Å². The number of hydrogen-bond donors (Lipinski definition) is 2. The predicted octanol–water partition coefficient (Wildman–Crippen LogP) is 1.18. The fraction of sp³-hybridized carbons (Fsp3) is 0.417. The number of carbonyl (C=O) groups is 1. The van der Waals surface area contributed by atoms with Crippen molar-refractivity contribution in [3.8, 4) is 0 Å². The van der Waals surface area contributed by atoms with Crippen LogP contribution in [0.5, 0.6) is 0 Å². The van der Waals surface area contributed by atoms with Crippen LogP contribution in [0.1, 0.15) is 15.9 Å². The number of alkyl halides is 3. The van der Waals surface area contributed by atoms with Crippen LogP contribution in [-0.2, 0) is 6.18 Å². The Morgan fingerprint density at radius 2 is 2.11 bits per heavy atom. The number of benzene rings is 1. The number of piperazine rings is 1. The molecule has 0 radical (unpaired) electrons. The number of anilines is 1. The highest BCUT2D eigenvalue weighted by atomic mass is 19.4. The minimum atomic E-state index is -4.46. The fourth-order valence-corrected chi connectivity index (χ4v) is 2.59. The summed E-state index contributed by atoms with van der Waals surface area (Å²) in [7, 11) is 0. The van der Waals surface area contributed by atoms with Gasteiger partial charge in [-0.2, -0.15) is 13.2 Å². The highest BCUT2D eigenvalue weighted by Gasteiger charge is 2.41. The lowest BCUT2D eigenvalue weighted by molar-refractivity contribution is -0.137. The van der Waals surface area contributed by atoms with Gasteiger partial charge in [-0.1, -0.05) is 6.07 Å². The van der Waals surface area contributed by atoms with Gasteiger partial charge in [-0.3, -0.25) is 4.79 Å². The largest absolute Gasteiger partial charge is 0.418 e. The first-order valence-corrected chi connectivity index (χ1v) is 5.97. The summed E-state index contributed by atoms with van der Waals surface area (Å²) in [5.41, 5.74) is -0.648. The lowest BCUT2D eigenvalue weighted by atomic mass is 10.0. The lowest BCUT2D eigenvalue weighted by Gasteiger charge is -2.43. The van der Waals surface area contributed by atoms with E-state index in [4.69, 9.17) is 0 Å². The molecule has 1 aromatic rings. The first-order chi connectivity index (χ1) is 8.98. The van der Waals surface area contributed by atoms with Gasteiger partial charge in [0.1, 0.15) is 6.17 Å². The standard InChI is InChI=1S/C12H12F3N3O/c13-12(14,15)8-3-1-2-7-10(8)18-5-4-16-6-9(18)17-11(7)19/h1-3,9,16H,4-6H2,(H,17,19)/t9-/m1/s1. The highest BCUT2D eigenvalue weighted by molar-refractivity contribution is 6.02. The van der Waals surface area contributed by atoms with Crippen molar-refractivity contribution in [2.75, 3.05) is 24.5 Å². The summed E-state index contributed by atoms with van der Waals surface area (Å²) in [6, 6.07) is 3.72. The number of carbonyl (C=O) groups excluding carboxylic acids is 1. The molecule has 0 aromatic heterocycles. The van der Waals surface area contributed by atoms with Gasteiger partial charge in [0.25, 0.3) is 5.91 Å². The molecular weight excluding hydrogens is 259 g/mol. The van der Waals surface area contributed by atoms with Gasteiger partial charge in [-0.05, 0) is 12.1 Å². The summed E-state index contributed by atoms with van der Waals surface area (Å²) in [6.45, 7) is 1.47. The predicted molar refractivity (Wildman–Crippen MR) is 62.9 cm³/mol. The van der Waals surface area contributed by atoms with Gasteiger partial charge in [0.15, 0.2) is 0 Å². The van der Waals surface area contributed by atoms with Crippen LogP contribution in [0.2, 0.25) is 0 Å². The topological polar surface area (TPSA) is 44.4 Å². The van der Waals surface area contributed by atoms with Crippen LogP contribution in [0.15, 0.2) is 18.2 Å². The summed E-state index contributed by atoms with van der Waals surface area (Å²) in [4.78, 5) is 13.5. The molecular formula is C12H12F3N3O. The summed E-state index contributed by atoms with van der Waals surface area (Å²) >= 11 is 0. The second kappa shape index (κ2) is 4.12. The zero-order valence-corrected chi connectivity index (χ0v) is 9.92. The maximum absolute atomic E-state index is 13.1. The molecule has 1 saturated heterocycles. The normalized spacial score (nSPS) is 22.6. The third-order valence-electron chi connectivity index (χ3n) is 3.41. The van der Waals surface area contributed by atoms with Crippen molar-refractivity contribution < 1.29 is 18.0 Å². The van der Waals surface area contributed by atoms with E-state index in [9.17, 15) is 18.0 Å². The molecule has 19 heavy (non-hydrogen) atoms. The molecule has 3 rings (SSSR count). The highest BCUT2D eigenvalue weighted by Crippen LogP contribution is 2.40. The van der Waals surface area contributed by atoms with Crippen molar-refractivity contribution in [3.63, 3.8) is 0 Å². The van der Waals surface area contributed by atoms with E-state index in [-0.39, 0.29) is 11.3 Å². The first-order valence-electron chi connectivity index (χ1n) is 5.97. The molecule has 2 aliphatic heterocycles. The monoisotopic (exact) mass is 271 g/mol. The summed E-state index contributed by atoms with van der Waals surface area (Å²) in [5, 5.41) is 5.77. The van der Waals surface area contributed by atoms with Crippen molar-refractivity contribution in [1.82, 2.24) is 10.6 Å². The lowest BCUT2D eigenvalue weighted by Crippen LogP contribution is -2.62. The fourth-order valence-electron chi connectivity index (χ4n) is 2.59. The first kappa shape index (κ1) is 12.3. The molecule has 2 aliphatic rings. The number of hydrogen-bond acceptors (Lipinski definition) is 3. The van der Waals surface area contributed by atoms with E-state index in [1.54, 1.807) is 4.90 Å². The van der Waals surface area contributed by atoms with Crippen molar-refractivity contribution in [3.05, 3.63) is 29.3 Å². The molecule has 1 amide bonds. The Labute approximate surface area is 107 Å². The van der Waals surface area contributed by atoms with E-state index >= 15 is 0 Å². The molecule has 0 unspecified atom stereocenters. The maximum atomic E-state index is 13.1. The van der Waals surface area contributed by atoms with Crippen LogP contribution in [0, 0.1) is 0 Å². The van der Waals surface area contributed by atoms with Crippen LogP contribution in [-0.4, -0.2) is 31.7 Å². The number of nitrogens with one attached hydrogen (secondary N) is 2. The van der Waals surface area contributed by atoms with Gasteiger partial charge in [-0.15, -0.1) is 0 Å². The Balaban J connectivity index is 2.17. The minimum Gasteiger partial charge on any atom is -0.348 e. The second-order valence-corrected chi connectivity index (χ2v) is 4.59. The van der Waals surface area contributed by atoms with Gasteiger partial charge in [-0.25, -0.2) is 0 Å². The molecule has 7 heteroatoms. The Bertz CT molecular complexity index is 529. The number of halogens is 3. The molecule has 0 bridgehead atoms. The van der Waals surface area contributed by atoms with Crippen molar-refractivity contribution >= 4 is 11.6 Å². The molecule has 2 N–H and O–H groups in total. The van der Waals surface area contributed by atoms with E-state index < -0.39 is 23.8 Å². The van der Waals surface area contributed by atoms with Crippen LogP contribution >= 0.6 is 0 Å². The van der Waals surface area contributed by atoms with Gasteiger partial charge in [0.05, 0.1) is 16.8 Å². The van der Waals surface area contributed by atoms with Crippen LogP contribution in [0.3, 0.4) is 0 Å². The van der Waals surface area contributed by atoms with Gasteiger partial charge in [0.2, 0.25) is 0 Å². The summed E-state index contributed by atoms with van der Waals surface area (Å²) < 4.78 is 39.3. The Morgan fingerprint density at radius 1 is 1.32 bits per heavy atom. The molecule has 0 spiro atoms. The molecule has 4 nitrogen and oxygen atoms in total. The second-order valence-electron chi connectivity index (χ2n) is 4.59. The van der Waals surface area contributed by atoms with E-state index in [0.717, 1.165) is 6.07 Å². The van der Waals surface area contributed by atoms with Crippen molar-refractivity contribution in [2.24, 2.45) is 0 Å². The minimum absolute atomic E-state index is 0.00486. The Hall–Kier alpha value is -1.76. The van der Waals surface area contributed by atoms with E-state index in [1.165, 1.54) is 12.1 Å². The average molecular weight is 271 g/mol. The third-order valence-corrected chi connectivity index (χ3v) is 3.41. The van der Waals surface area contributed by atoms with E-state index in [0.29, 0.717) is 19.6 Å². The maximum Gasteiger partial charge on any atom is 0.418 e. The molecule has 1 aromatic carbocycles. The molecule has 0 saturated carbocycles. The smallest absolute Gasteiger partial charge is 0.348 e. The average Bonchev–Trinajstić information content (AvgIpc) is 2.37. The molecule has 0 aliphatic carbocycles. The SMILES string of the molecule is O=C1N[C@H]2CNCCN2c2c1cccc2C(F)(F)F. The number of amides is 1. The number of rotatable bonds is 0. The van der Waals surface area contributed by atoms with Crippen LogP contribution < -0.4 is 15.5 Å². The molecule has 1 fully saturated rings. The Kier molecular flexibility index (Phi) is 2.67. The van der Waals surface area contributed by atoms with Gasteiger partial charge in [0, 0.05) is 19.6 Å². The quantitative estimate of drug-likeness (QED) is 0.745. The van der Waals surface area contributed by atoms with Crippen LogP contribution in [0.4, 0.5) is 18.9 Å². The number of fused-ring (bicyclic) bond motifs is 3. The molecule has 2 heterocycles. The number of nitrogens with zero attached hydrogens (tertiary/aromatic N) is 1. The third kappa shape index (κ3) is 1.94. The summed E-state index contributed by atoms with van der Waals surface area (Å²) in [5.74, 6) is -0.453. The van der Waals surface area contributed by atoms with Gasteiger partial charge < -0.3 is 15.5 Å². The van der Waals surface area contributed by atoms with Crippen LogP contribution in [0.25, 0.3) is 0 Å². The zero-order chi connectivity index (χ0) is 13.6. The summed E-state index contributed by atoms with van der Waals surface area (Å²) in [6.07, 6.45) is -4.88. The van der Waals surface area contributed by atoms with Gasteiger partial charge >= 0.3 is 6.18 Å². The zero-order valence-electron chi connectivity index (χ0n) is 9.92. The molecule has 1 atom stereocenters.